The van der Waals surface area contributed by atoms with E-state index in [1.54, 1.807) is 24.3 Å². The molecular formula is C20H18N2O3. The number of benzene rings is 3. The van der Waals surface area contributed by atoms with Crippen LogP contribution < -0.4 is 0 Å². The van der Waals surface area contributed by atoms with Crippen LogP contribution in [0.3, 0.4) is 0 Å². The average molecular weight is 334 g/mol. The number of fused-ring (bicyclic) bond motifs is 2. The molecule has 3 aromatic carbocycles. The lowest BCUT2D eigenvalue weighted by atomic mass is 9.90. The summed E-state index contributed by atoms with van der Waals surface area (Å²) in [7, 11) is 3.80. The van der Waals surface area contributed by atoms with Crippen LogP contribution in [0, 0.1) is 0 Å². The minimum absolute atomic E-state index is 0.130. The summed E-state index contributed by atoms with van der Waals surface area (Å²) in [6.45, 7) is 0.931. The van der Waals surface area contributed by atoms with Crippen LogP contribution in [0.4, 0.5) is 0 Å². The van der Waals surface area contributed by atoms with Gasteiger partial charge in [-0.3, -0.25) is 14.5 Å². The van der Waals surface area contributed by atoms with Gasteiger partial charge in [0.15, 0.2) is 0 Å². The molecule has 0 bridgehead atoms. The quantitative estimate of drug-likeness (QED) is 0.591. The number of amides is 2. The number of rotatable bonds is 3. The third kappa shape index (κ3) is 2.27. The maximum atomic E-state index is 13.0. The molecule has 25 heavy (non-hydrogen) atoms. The van der Waals surface area contributed by atoms with Crippen LogP contribution in [0.5, 0.6) is 5.75 Å². The number of hydrogen-bond acceptors (Lipinski definition) is 4. The van der Waals surface area contributed by atoms with Crippen molar-refractivity contribution in [3.63, 3.8) is 0 Å². The van der Waals surface area contributed by atoms with Gasteiger partial charge in [-0.25, -0.2) is 0 Å². The molecule has 0 radical (unpaired) electrons. The average Bonchev–Trinajstić information content (AvgIpc) is 2.59. The summed E-state index contributed by atoms with van der Waals surface area (Å²) in [5.41, 5.74) is 1.01. The molecule has 1 aliphatic rings. The number of phenolic OH excluding ortho intramolecular Hbond substituents is 1. The predicted molar refractivity (Wildman–Crippen MR) is 97.0 cm³/mol. The second-order valence-electron chi connectivity index (χ2n) is 6.59. The summed E-state index contributed by atoms with van der Waals surface area (Å²) in [6.07, 6.45) is 0. The van der Waals surface area contributed by atoms with E-state index in [0.717, 1.165) is 10.8 Å². The lowest BCUT2D eigenvalue weighted by Gasteiger charge is -2.28. The lowest BCUT2D eigenvalue weighted by molar-refractivity contribution is 0.0601. The Morgan fingerprint density at radius 1 is 0.920 bits per heavy atom. The van der Waals surface area contributed by atoms with Crippen LogP contribution in [0.25, 0.3) is 21.5 Å². The molecular weight excluding hydrogens is 316 g/mol. The van der Waals surface area contributed by atoms with Gasteiger partial charge in [0.25, 0.3) is 11.8 Å². The van der Waals surface area contributed by atoms with Crippen molar-refractivity contribution < 1.29 is 14.7 Å². The molecule has 0 saturated heterocycles. The molecule has 4 rings (SSSR count). The first-order chi connectivity index (χ1) is 12.0. The largest absolute Gasteiger partial charge is 0.507 e. The molecule has 5 nitrogen and oxygen atoms in total. The molecule has 126 valence electrons. The molecule has 2 amide bonds. The fraction of sp³-hybridized carbons (Fsp3) is 0.200. The zero-order valence-corrected chi connectivity index (χ0v) is 14.1. The minimum atomic E-state index is -0.305. The molecule has 0 aromatic heterocycles. The van der Waals surface area contributed by atoms with E-state index in [9.17, 15) is 14.7 Å². The van der Waals surface area contributed by atoms with E-state index in [1.807, 2.05) is 37.2 Å². The number of carbonyl (C=O) groups excluding carboxylic acids is 2. The summed E-state index contributed by atoms with van der Waals surface area (Å²) < 4.78 is 0. The van der Waals surface area contributed by atoms with Gasteiger partial charge in [0.1, 0.15) is 5.75 Å². The van der Waals surface area contributed by atoms with E-state index in [2.05, 4.69) is 0 Å². The first-order valence-corrected chi connectivity index (χ1v) is 8.17. The van der Waals surface area contributed by atoms with Crippen LogP contribution in [0.2, 0.25) is 0 Å². The number of imide groups is 1. The summed E-state index contributed by atoms with van der Waals surface area (Å²) in [5.74, 6) is -0.434. The number of aromatic hydroxyl groups is 1. The molecule has 1 aliphatic heterocycles. The van der Waals surface area contributed by atoms with Crippen molar-refractivity contribution in [3.05, 3.63) is 53.6 Å². The lowest BCUT2D eigenvalue weighted by Crippen LogP contribution is -2.43. The Hall–Kier alpha value is -2.92. The fourth-order valence-electron chi connectivity index (χ4n) is 3.46. The molecule has 0 fully saturated rings. The van der Waals surface area contributed by atoms with Gasteiger partial charge in [-0.2, -0.15) is 0 Å². The van der Waals surface area contributed by atoms with Crippen molar-refractivity contribution in [2.45, 2.75) is 0 Å². The number of nitrogens with zero attached hydrogens (tertiary/aromatic N) is 2. The zero-order valence-electron chi connectivity index (χ0n) is 14.1. The Labute approximate surface area is 145 Å². The molecule has 0 unspecified atom stereocenters. The number of phenols is 1. The van der Waals surface area contributed by atoms with Gasteiger partial charge in [-0.15, -0.1) is 0 Å². The molecule has 0 saturated carbocycles. The standard InChI is InChI=1S/C20H18N2O3/c1-21(2)9-10-22-19(24)14-7-3-6-13-12-5-4-8-17(23)15(12)11-16(18(13)14)20(22)25/h3-8,11,23H,9-10H2,1-2H3. The van der Waals surface area contributed by atoms with E-state index in [0.29, 0.717) is 35.0 Å². The van der Waals surface area contributed by atoms with Gasteiger partial charge >= 0.3 is 0 Å². The molecule has 0 aliphatic carbocycles. The van der Waals surface area contributed by atoms with E-state index < -0.39 is 0 Å². The third-order valence-corrected chi connectivity index (χ3v) is 4.72. The second-order valence-corrected chi connectivity index (χ2v) is 6.59. The third-order valence-electron chi connectivity index (χ3n) is 4.72. The monoisotopic (exact) mass is 334 g/mol. The van der Waals surface area contributed by atoms with Gasteiger partial charge < -0.3 is 10.0 Å². The Bertz CT molecular complexity index is 1040. The fourth-order valence-corrected chi connectivity index (χ4v) is 3.46. The molecule has 5 heteroatoms. The summed E-state index contributed by atoms with van der Waals surface area (Å²) in [5, 5.41) is 13.2. The van der Waals surface area contributed by atoms with E-state index >= 15 is 0 Å². The Kier molecular flexibility index (Phi) is 3.47. The predicted octanol–water partition coefficient (Wildman–Crippen LogP) is 2.86. The zero-order chi connectivity index (χ0) is 17.7. The molecule has 3 aromatic rings. The Morgan fingerprint density at radius 2 is 1.60 bits per heavy atom. The van der Waals surface area contributed by atoms with Gasteiger partial charge in [0, 0.05) is 35.0 Å². The van der Waals surface area contributed by atoms with Crippen molar-refractivity contribution >= 4 is 33.4 Å². The topological polar surface area (TPSA) is 60.9 Å². The number of carbonyl (C=O) groups is 2. The van der Waals surface area contributed by atoms with Crippen molar-refractivity contribution in [1.29, 1.82) is 0 Å². The number of likely N-dealkylation sites (N-methyl/N-ethyl adjacent to an activating group) is 1. The van der Waals surface area contributed by atoms with Crippen molar-refractivity contribution in [2.75, 3.05) is 27.2 Å². The highest BCUT2D eigenvalue weighted by molar-refractivity contribution is 6.29. The SMILES string of the molecule is CN(C)CCN1C(=O)c2cccc3c2c(cc2c(O)cccc23)C1=O. The van der Waals surface area contributed by atoms with Crippen molar-refractivity contribution in [3.8, 4) is 5.75 Å². The van der Waals surface area contributed by atoms with Gasteiger partial charge in [-0.05, 0) is 43.1 Å². The van der Waals surface area contributed by atoms with E-state index in [1.165, 1.54) is 4.90 Å². The molecule has 0 spiro atoms. The van der Waals surface area contributed by atoms with Gasteiger partial charge in [0.05, 0.1) is 0 Å². The summed E-state index contributed by atoms with van der Waals surface area (Å²) in [6, 6.07) is 12.4. The first-order valence-electron chi connectivity index (χ1n) is 8.17. The highest BCUT2D eigenvalue weighted by Gasteiger charge is 2.33. The van der Waals surface area contributed by atoms with E-state index in [-0.39, 0.29) is 17.6 Å². The smallest absolute Gasteiger partial charge is 0.261 e. The molecule has 1 heterocycles. The minimum Gasteiger partial charge on any atom is -0.507 e. The molecule has 0 atom stereocenters. The Morgan fingerprint density at radius 3 is 2.36 bits per heavy atom. The van der Waals surface area contributed by atoms with Crippen LogP contribution in [0.15, 0.2) is 42.5 Å². The first kappa shape index (κ1) is 15.6. The van der Waals surface area contributed by atoms with Crippen LogP contribution >= 0.6 is 0 Å². The van der Waals surface area contributed by atoms with Gasteiger partial charge in [0.2, 0.25) is 0 Å². The van der Waals surface area contributed by atoms with Crippen LogP contribution in [-0.2, 0) is 0 Å². The normalized spacial score (nSPS) is 14.1. The van der Waals surface area contributed by atoms with E-state index in [4.69, 9.17) is 0 Å². The van der Waals surface area contributed by atoms with Crippen molar-refractivity contribution in [1.82, 2.24) is 9.80 Å². The number of hydrogen-bond donors (Lipinski definition) is 1. The van der Waals surface area contributed by atoms with Gasteiger partial charge in [-0.1, -0.05) is 24.3 Å². The summed E-state index contributed by atoms with van der Waals surface area (Å²) in [4.78, 5) is 29.1. The maximum absolute atomic E-state index is 13.0. The highest BCUT2D eigenvalue weighted by atomic mass is 16.3. The molecule has 1 N–H and O–H groups in total. The van der Waals surface area contributed by atoms with Crippen LogP contribution in [0.1, 0.15) is 20.7 Å². The maximum Gasteiger partial charge on any atom is 0.261 e. The van der Waals surface area contributed by atoms with Crippen molar-refractivity contribution in [2.24, 2.45) is 0 Å². The Balaban J connectivity index is 2.01. The second kappa shape index (κ2) is 5.57. The summed E-state index contributed by atoms with van der Waals surface area (Å²) >= 11 is 0. The highest BCUT2D eigenvalue weighted by Crippen LogP contribution is 2.38. The van der Waals surface area contributed by atoms with Crippen LogP contribution in [-0.4, -0.2) is 53.9 Å².